The molecule has 6 heteroatoms. The second-order valence-corrected chi connectivity index (χ2v) is 4.26. The van der Waals surface area contributed by atoms with E-state index in [2.05, 4.69) is 4.98 Å². The van der Waals surface area contributed by atoms with Gasteiger partial charge in [0.1, 0.15) is 0 Å². The maximum absolute atomic E-state index is 12.0. The van der Waals surface area contributed by atoms with Crippen molar-refractivity contribution in [3.63, 3.8) is 0 Å². The molecule has 0 unspecified atom stereocenters. The number of imidazole rings is 1. The van der Waals surface area contributed by atoms with Gasteiger partial charge in [-0.05, 0) is 12.8 Å². The molecule has 0 aromatic carbocycles. The van der Waals surface area contributed by atoms with Gasteiger partial charge in [-0.3, -0.25) is 13.9 Å². The summed E-state index contributed by atoms with van der Waals surface area (Å²) in [6.45, 7) is 0. The van der Waals surface area contributed by atoms with Crippen LogP contribution in [0.3, 0.4) is 0 Å². The van der Waals surface area contributed by atoms with Crippen LogP contribution in [0.15, 0.2) is 15.9 Å². The number of aryl methyl sites for hydroxylation is 1. The van der Waals surface area contributed by atoms with E-state index in [1.165, 1.54) is 11.6 Å². The van der Waals surface area contributed by atoms with Crippen LogP contribution < -0.4 is 11.2 Å². The molecule has 0 aliphatic heterocycles. The summed E-state index contributed by atoms with van der Waals surface area (Å²) < 4.78 is 4.43. The normalized spacial score (nSPS) is 15.9. The Morgan fingerprint density at radius 3 is 2.56 bits per heavy atom. The molecule has 0 saturated heterocycles. The first-order valence-electron chi connectivity index (χ1n) is 5.24. The van der Waals surface area contributed by atoms with Crippen molar-refractivity contribution in [2.45, 2.75) is 18.9 Å². The van der Waals surface area contributed by atoms with Crippen LogP contribution in [0.1, 0.15) is 18.9 Å². The molecule has 0 amide bonds. The highest BCUT2D eigenvalue weighted by Crippen LogP contribution is 2.35. The quantitative estimate of drug-likeness (QED) is 0.667. The van der Waals surface area contributed by atoms with Gasteiger partial charge in [-0.15, -0.1) is 0 Å². The van der Waals surface area contributed by atoms with Crippen molar-refractivity contribution in [1.29, 1.82) is 0 Å². The van der Waals surface area contributed by atoms with Gasteiger partial charge >= 0.3 is 5.69 Å². The average Bonchev–Trinajstić information content (AvgIpc) is 3.03. The summed E-state index contributed by atoms with van der Waals surface area (Å²) in [5, 5.41) is 0. The molecule has 1 aliphatic carbocycles. The third-order valence-electron chi connectivity index (χ3n) is 3.11. The molecule has 6 nitrogen and oxygen atoms in total. The van der Waals surface area contributed by atoms with Crippen LogP contribution in [0.5, 0.6) is 0 Å². The van der Waals surface area contributed by atoms with Crippen LogP contribution in [0.2, 0.25) is 0 Å². The number of hydrogen-bond donors (Lipinski definition) is 0. The van der Waals surface area contributed by atoms with Crippen LogP contribution in [0.25, 0.3) is 11.2 Å². The summed E-state index contributed by atoms with van der Waals surface area (Å²) in [6, 6.07) is 0.384. The van der Waals surface area contributed by atoms with E-state index in [1.807, 2.05) is 4.57 Å². The maximum atomic E-state index is 12.0. The first kappa shape index (κ1) is 9.38. The summed E-state index contributed by atoms with van der Waals surface area (Å²) in [7, 11) is 3.13. The van der Waals surface area contributed by atoms with Crippen molar-refractivity contribution in [2.24, 2.45) is 14.1 Å². The van der Waals surface area contributed by atoms with Gasteiger partial charge in [-0.1, -0.05) is 0 Å². The Hall–Kier alpha value is -1.85. The molecule has 1 saturated carbocycles. The average molecular weight is 220 g/mol. The van der Waals surface area contributed by atoms with Crippen molar-refractivity contribution in [1.82, 2.24) is 18.7 Å². The van der Waals surface area contributed by atoms with E-state index >= 15 is 0 Å². The van der Waals surface area contributed by atoms with Gasteiger partial charge in [0, 0.05) is 20.1 Å². The van der Waals surface area contributed by atoms with E-state index in [9.17, 15) is 9.59 Å². The monoisotopic (exact) mass is 220 g/mol. The van der Waals surface area contributed by atoms with Crippen molar-refractivity contribution in [2.75, 3.05) is 0 Å². The molecule has 16 heavy (non-hydrogen) atoms. The lowest BCUT2D eigenvalue weighted by Crippen LogP contribution is -2.37. The SMILES string of the molecule is Cn1c(=O)c2c(ncn2C2CC2)n(C)c1=O. The number of nitrogens with zero attached hydrogens (tertiary/aromatic N) is 4. The zero-order valence-corrected chi connectivity index (χ0v) is 9.17. The fraction of sp³-hybridized carbons (Fsp3) is 0.500. The maximum Gasteiger partial charge on any atom is 0.332 e. The summed E-state index contributed by atoms with van der Waals surface area (Å²) in [6.07, 6.45) is 3.82. The Bertz CT molecular complexity index is 687. The van der Waals surface area contributed by atoms with Crippen molar-refractivity contribution < 1.29 is 0 Å². The fourth-order valence-corrected chi connectivity index (χ4v) is 1.99. The van der Waals surface area contributed by atoms with E-state index < -0.39 is 0 Å². The molecule has 1 fully saturated rings. The van der Waals surface area contributed by atoms with Gasteiger partial charge in [-0.25, -0.2) is 9.78 Å². The zero-order valence-electron chi connectivity index (χ0n) is 9.17. The number of aromatic nitrogens is 4. The van der Waals surface area contributed by atoms with Crippen molar-refractivity contribution in [3.8, 4) is 0 Å². The van der Waals surface area contributed by atoms with Gasteiger partial charge in [0.15, 0.2) is 11.2 Å². The summed E-state index contributed by atoms with van der Waals surface area (Å²) >= 11 is 0. The highest BCUT2D eigenvalue weighted by atomic mass is 16.2. The van der Waals surface area contributed by atoms with E-state index in [-0.39, 0.29) is 11.2 Å². The highest BCUT2D eigenvalue weighted by molar-refractivity contribution is 5.70. The Kier molecular flexibility index (Phi) is 1.66. The van der Waals surface area contributed by atoms with Gasteiger partial charge in [0.25, 0.3) is 5.56 Å². The second kappa shape index (κ2) is 2.84. The molecule has 2 aromatic heterocycles. The molecule has 0 bridgehead atoms. The first-order valence-corrected chi connectivity index (χ1v) is 5.24. The predicted octanol–water partition coefficient (Wildman–Crippen LogP) is -0.231. The van der Waals surface area contributed by atoms with E-state index in [0.717, 1.165) is 17.4 Å². The second-order valence-electron chi connectivity index (χ2n) is 4.26. The van der Waals surface area contributed by atoms with E-state index in [4.69, 9.17) is 0 Å². The minimum atomic E-state index is -0.335. The largest absolute Gasteiger partial charge is 0.332 e. The van der Waals surface area contributed by atoms with Gasteiger partial charge in [0.05, 0.1) is 6.33 Å². The predicted molar refractivity (Wildman–Crippen MR) is 58.5 cm³/mol. The Morgan fingerprint density at radius 2 is 1.94 bits per heavy atom. The molecule has 2 aromatic rings. The summed E-state index contributed by atoms with van der Waals surface area (Å²) in [4.78, 5) is 27.8. The number of fused-ring (bicyclic) bond motifs is 1. The van der Waals surface area contributed by atoms with Gasteiger partial charge in [0.2, 0.25) is 0 Å². The molecule has 2 heterocycles. The summed E-state index contributed by atoms with van der Waals surface area (Å²) in [5.74, 6) is 0. The topological polar surface area (TPSA) is 61.8 Å². The lowest BCUT2D eigenvalue weighted by atomic mass is 10.5. The molecular weight excluding hydrogens is 208 g/mol. The smallest absolute Gasteiger partial charge is 0.322 e. The minimum Gasteiger partial charge on any atom is -0.322 e. The molecule has 0 N–H and O–H groups in total. The molecular formula is C10H12N4O2. The molecule has 0 spiro atoms. The molecule has 0 radical (unpaired) electrons. The molecule has 0 atom stereocenters. The van der Waals surface area contributed by atoms with Crippen LogP contribution in [-0.4, -0.2) is 18.7 Å². The van der Waals surface area contributed by atoms with Crippen LogP contribution in [0.4, 0.5) is 0 Å². The third-order valence-corrected chi connectivity index (χ3v) is 3.11. The third kappa shape index (κ3) is 1.04. The zero-order chi connectivity index (χ0) is 11.4. The lowest BCUT2D eigenvalue weighted by molar-refractivity contribution is 0.697. The minimum absolute atomic E-state index is 0.262. The van der Waals surface area contributed by atoms with Crippen LogP contribution in [0, 0.1) is 0 Å². The highest BCUT2D eigenvalue weighted by Gasteiger charge is 2.27. The van der Waals surface area contributed by atoms with E-state index in [1.54, 1.807) is 13.4 Å². The molecule has 3 rings (SSSR count). The van der Waals surface area contributed by atoms with Crippen molar-refractivity contribution >= 4 is 11.2 Å². The Balaban J connectivity index is 2.53. The summed E-state index contributed by atoms with van der Waals surface area (Å²) in [5.41, 5.74) is 0.410. The van der Waals surface area contributed by atoms with Crippen LogP contribution in [-0.2, 0) is 14.1 Å². The standard InChI is InChI=1S/C10H12N4O2/c1-12-8-7(9(15)13(2)10(12)16)14(5-11-8)6-3-4-6/h5-6H,3-4H2,1-2H3. The number of rotatable bonds is 1. The Labute approximate surface area is 90.8 Å². The lowest BCUT2D eigenvalue weighted by Gasteiger charge is -2.04. The number of hydrogen-bond acceptors (Lipinski definition) is 3. The van der Waals surface area contributed by atoms with Gasteiger partial charge in [-0.2, -0.15) is 0 Å². The van der Waals surface area contributed by atoms with E-state index in [0.29, 0.717) is 17.2 Å². The molecule has 84 valence electrons. The van der Waals surface area contributed by atoms with Crippen molar-refractivity contribution in [3.05, 3.63) is 27.2 Å². The fourth-order valence-electron chi connectivity index (χ4n) is 1.99. The first-order chi connectivity index (χ1) is 7.61. The molecule has 1 aliphatic rings. The Morgan fingerprint density at radius 1 is 1.25 bits per heavy atom. The van der Waals surface area contributed by atoms with Crippen LogP contribution >= 0.6 is 0 Å². The van der Waals surface area contributed by atoms with Gasteiger partial charge < -0.3 is 4.57 Å².